The van der Waals surface area contributed by atoms with E-state index in [1.807, 2.05) is 48.5 Å². The lowest BCUT2D eigenvalue weighted by Gasteiger charge is -2.08. The van der Waals surface area contributed by atoms with Crippen molar-refractivity contribution in [1.29, 1.82) is 0 Å². The number of pyridine rings is 1. The van der Waals surface area contributed by atoms with Gasteiger partial charge in [0.25, 0.3) is 0 Å². The fourth-order valence-electron chi connectivity index (χ4n) is 1.80. The van der Waals surface area contributed by atoms with Crippen molar-refractivity contribution < 1.29 is 4.74 Å². The van der Waals surface area contributed by atoms with Crippen molar-refractivity contribution in [1.82, 2.24) is 4.98 Å². The lowest BCUT2D eigenvalue weighted by Crippen LogP contribution is -1.88. The quantitative estimate of drug-likeness (QED) is 0.563. The molecule has 0 N–H and O–H groups in total. The molecule has 2 aromatic carbocycles. The summed E-state index contributed by atoms with van der Waals surface area (Å²) in [6.07, 6.45) is 1.78. The van der Waals surface area contributed by atoms with E-state index in [4.69, 9.17) is 16.3 Å². The maximum absolute atomic E-state index is 5.98. The number of ether oxygens (including phenoxy) is 1. The summed E-state index contributed by atoms with van der Waals surface area (Å²) < 4.78 is 6.90. The van der Waals surface area contributed by atoms with E-state index in [2.05, 4.69) is 27.6 Å². The van der Waals surface area contributed by atoms with Gasteiger partial charge in [-0.25, -0.2) is 0 Å². The summed E-state index contributed by atoms with van der Waals surface area (Å²) in [4.78, 5) is 4.28. The minimum Gasteiger partial charge on any atom is -0.456 e. The highest BCUT2D eigenvalue weighted by molar-refractivity contribution is 14.1. The first-order valence-corrected chi connectivity index (χ1v) is 7.16. The van der Waals surface area contributed by atoms with Crippen LogP contribution >= 0.6 is 34.2 Å². The van der Waals surface area contributed by atoms with Gasteiger partial charge in [0.2, 0.25) is 0 Å². The van der Waals surface area contributed by atoms with Gasteiger partial charge in [0.15, 0.2) is 0 Å². The van der Waals surface area contributed by atoms with Gasteiger partial charge in [-0.2, -0.15) is 0 Å². The smallest absolute Gasteiger partial charge is 0.142 e. The number of halogens is 2. The summed E-state index contributed by atoms with van der Waals surface area (Å²) >= 11 is 8.21. The van der Waals surface area contributed by atoms with Gasteiger partial charge < -0.3 is 4.74 Å². The molecule has 1 aromatic heterocycles. The molecule has 0 saturated carbocycles. The number of nitrogens with zero attached hydrogens (tertiary/aromatic N) is 1. The summed E-state index contributed by atoms with van der Waals surface area (Å²) in [6, 6.07) is 15.3. The van der Waals surface area contributed by atoms with Crippen LogP contribution in [0.2, 0.25) is 5.02 Å². The van der Waals surface area contributed by atoms with Crippen molar-refractivity contribution in [2.75, 3.05) is 0 Å². The zero-order valence-corrected chi connectivity index (χ0v) is 12.7. The van der Waals surface area contributed by atoms with Crippen molar-refractivity contribution in [2.45, 2.75) is 0 Å². The normalized spacial score (nSPS) is 10.6. The van der Waals surface area contributed by atoms with Crippen LogP contribution in [0.5, 0.6) is 11.5 Å². The van der Waals surface area contributed by atoms with Gasteiger partial charge in [-0.1, -0.05) is 17.7 Å². The van der Waals surface area contributed by atoms with Crippen LogP contribution in [0.1, 0.15) is 0 Å². The first-order chi connectivity index (χ1) is 9.22. The minimum absolute atomic E-state index is 0.665. The highest BCUT2D eigenvalue weighted by atomic mass is 127. The van der Waals surface area contributed by atoms with Crippen LogP contribution in [0.25, 0.3) is 10.9 Å². The fourth-order valence-corrected chi connectivity index (χ4v) is 2.41. The molecule has 3 aromatic rings. The molecule has 0 aliphatic rings. The van der Waals surface area contributed by atoms with Crippen LogP contribution in [-0.4, -0.2) is 4.98 Å². The number of rotatable bonds is 2. The van der Waals surface area contributed by atoms with Crippen LogP contribution < -0.4 is 4.74 Å². The molecule has 0 spiro atoms. The van der Waals surface area contributed by atoms with E-state index in [1.165, 1.54) is 0 Å². The molecule has 3 rings (SSSR count). The Bertz CT molecular complexity index is 745. The Labute approximate surface area is 129 Å². The van der Waals surface area contributed by atoms with E-state index in [-0.39, 0.29) is 0 Å². The number of hydrogen-bond acceptors (Lipinski definition) is 2. The van der Waals surface area contributed by atoms with Crippen LogP contribution in [0, 0.1) is 3.57 Å². The van der Waals surface area contributed by atoms with Gasteiger partial charge >= 0.3 is 0 Å². The monoisotopic (exact) mass is 381 g/mol. The zero-order chi connectivity index (χ0) is 13.2. The highest BCUT2D eigenvalue weighted by Gasteiger charge is 2.04. The largest absolute Gasteiger partial charge is 0.456 e. The molecule has 0 unspecified atom stereocenters. The molecule has 4 heteroatoms. The second kappa shape index (κ2) is 5.35. The number of benzene rings is 2. The van der Waals surface area contributed by atoms with E-state index in [0.717, 1.165) is 26.0 Å². The van der Waals surface area contributed by atoms with Crippen LogP contribution in [0.15, 0.2) is 54.7 Å². The van der Waals surface area contributed by atoms with Crippen LogP contribution in [-0.2, 0) is 0 Å². The second-order valence-corrected chi connectivity index (χ2v) is 5.63. The molecule has 1 heterocycles. The molecule has 0 amide bonds. The van der Waals surface area contributed by atoms with E-state index in [9.17, 15) is 0 Å². The van der Waals surface area contributed by atoms with E-state index >= 15 is 0 Å². The van der Waals surface area contributed by atoms with E-state index < -0.39 is 0 Å². The molecule has 0 aliphatic carbocycles. The standard InChI is InChI=1S/C15H9ClINO/c16-11-3-5-13(17)15(9-11)19-12-4-6-14-10(8-12)2-1-7-18-14/h1-9H. The minimum atomic E-state index is 0.665. The third-order valence-electron chi connectivity index (χ3n) is 2.70. The van der Waals surface area contributed by atoms with Gasteiger partial charge in [0.1, 0.15) is 11.5 Å². The first kappa shape index (κ1) is 12.7. The molecule has 0 aliphatic heterocycles. The summed E-state index contributed by atoms with van der Waals surface area (Å²) in [7, 11) is 0. The average Bonchev–Trinajstić information content (AvgIpc) is 2.43. The molecule has 19 heavy (non-hydrogen) atoms. The number of hydrogen-bond donors (Lipinski definition) is 0. The Hall–Kier alpha value is -1.33. The summed E-state index contributed by atoms with van der Waals surface area (Å²) in [6.45, 7) is 0. The molecule has 2 nitrogen and oxygen atoms in total. The molecular weight excluding hydrogens is 373 g/mol. The fraction of sp³-hybridized carbons (Fsp3) is 0. The van der Waals surface area contributed by atoms with Gasteiger partial charge in [-0.15, -0.1) is 0 Å². The van der Waals surface area contributed by atoms with E-state index in [1.54, 1.807) is 6.20 Å². The topological polar surface area (TPSA) is 22.1 Å². The molecule has 94 valence electrons. The van der Waals surface area contributed by atoms with Gasteiger partial charge in [0.05, 0.1) is 9.09 Å². The van der Waals surface area contributed by atoms with Crippen LogP contribution in [0.4, 0.5) is 0 Å². The third-order valence-corrected chi connectivity index (χ3v) is 3.82. The SMILES string of the molecule is Clc1ccc(I)c(Oc2ccc3ncccc3c2)c1. The molecule has 0 saturated heterocycles. The molecule has 0 fully saturated rings. The first-order valence-electron chi connectivity index (χ1n) is 5.70. The Morgan fingerprint density at radius 2 is 1.95 bits per heavy atom. The van der Waals surface area contributed by atoms with E-state index in [0.29, 0.717) is 5.02 Å². The Balaban J connectivity index is 1.98. The van der Waals surface area contributed by atoms with Gasteiger partial charge in [0, 0.05) is 22.7 Å². The number of fused-ring (bicyclic) bond motifs is 1. The molecule has 0 atom stereocenters. The zero-order valence-electron chi connectivity index (χ0n) is 9.81. The van der Waals surface area contributed by atoms with Crippen molar-refractivity contribution in [2.24, 2.45) is 0 Å². The number of aromatic nitrogens is 1. The summed E-state index contributed by atoms with van der Waals surface area (Å²) in [5.41, 5.74) is 0.954. The molecule has 0 radical (unpaired) electrons. The predicted molar refractivity (Wildman–Crippen MR) is 86.0 cm³/mol. The average molecular weight is 382 g/mol. The maximum Gasteiger partial charge on any atom is 0.142 e. The summed E-state index contributed by atoms with van der Waals surface area (Å²) in [5.74, 6) is 1.54. The summed E-state index contributed by atoms with van der Waals surface area (Å²) in [5, 5.41) is 1.72. The van der Waals surface area contributed by atoms with Crippen molar-refractivity contribution >= 4 is 45.1 Å². The predicted octanol–water partition coefficient (Wildman–Crippen LogP) is 5.29. The Morgan fingerprint density at radius 3 is 2.84 bits per heavy atom. The highest BCUT2D eigenvalue weighted by Crippen LogP contribution is 2.30. The Kier molecular flexibility index (Phi) is 3.57. The second-order valence-electron chi connectivity index (χ2n) is 4.03. The van der Waals surface area contributed by atoms with Crippen LogP contribution in [0.3, 0.4) is 0 Å². The third kappa shape index (κ3) is 2.82. The van der Waals surface area contributed by atoms with Crippen molar-refractivity contribution in [3.63, 3.8) is 0 Å². The van der Waals surface area contributed by atoms with Crippen molar-refractivity contribution in [3.8, 4) is 11.5 Å². The lowest BCUT2D eigenvalue weighted by molar-refractivity contribution is 0.480. The Morgan fingerprint density at radius 1 is 1.05 bits per heavy atom. The lowest BCUT2D eigenvalue weighted by atomic mass is 10.2. The van der Waals surface area contributed by atoms with Gasteiger partial charge in [-0.3, -0.25) is 4.98 Å². The molecular formula is C15H9ClINO. The maximum atomic E-state index is 5.98. The van der Waals surface area contributed by atoms with Gasteiger partial charge in [-0.05, 0) is 59.0 Å². The molecule has 0 bridgehead atoms. The van der Waals surface area contributed by atoms with Crippen molar-refractivity contribution in [3.05, 3.63) is 63.3 Å².